The van der Waals surface area contributed by atoms with Crippen LogP contribution in [0.3, 0.4) is 0 Å². The standard InChI is InChI=1S/C3H4O2.Zr/c1-2-3(4)5;/h2H,1H2,(H,4,5);. The molecule has 0 bridgehead atoms. The van der Waals surface area contributed by atoms with Crippen LogP contribution in [0.5, 0.6) is 0 Å². The van der Waals surface area contributed by atoms with Gasteiger partial charge in [-0.1, -0.05) is 6.58 Å². The van der Waals surface area contributed by atoms with E-state index in [0.29, 0.717) is 0 Å². The minimum atomic E-state index is -0.981. The Morgan fingerprint density at radius 1 is 1.83 bits per heavy atom. The third kappa shape index (κ3) is 8.94. The molecule has 0 fully saturated rings. The molecule has 0 spiro atoms. The van der Waals surface area contributed by atoms with E-state index in [4.69, 9.17) is 5.11 Å². The predicted molar refractivity (Wildman–Crippen MR) is 17.8 cm³/mol. The predicted octanol–water partition coefficient (Wildman–Crippen LogP) is 0.254. The van der Waals surface area contributed by atoms with Gasteiger partial charge in [0.05, 0.1) is 0 Å². The van der Waals surface area contributed by atoms with E-state index in [2.05, 4.69) is 6.58 Å². The van der Waals surface area contributed by atoms with Crippen molar-refractivity contribution < 1.29 is 36.1 Å². The van der Waals surface area contributed by atoms with Crippen LogP contribution in [0.2, 0.25) is 0 Å². The van der Waals surface area contributed by atoms with Gasteiger partial charge in [-0.15, -0.1) is 0 Å². The van der Waals surface area contributed by atoms with Crippen LogP contribution in [0.25, 0.3) is 0 Å². The van der Waals surface area contributed by atoms with E-state index in [0.717, 1.165) is 6.08 Å². The van der Waals surface area contributed by atoms with Gasteiger partial charge in [-0.05, 0) is 0 Å². The van der Waals surface area contributed by atoms with Crippen molar-refractivity contribution in [3.05, 3.63) is 12.7 Å². The maximum atomic E-state index is 9.25. The number of aliphatic carboxylic acids is 1. The van der Waals surface area contributed by atoms with Gasteiger partial charge in [-0.2, -0.15) is 0 Å². The molecule has 0 saturated carbocycles. The van der Waals surface area contributed by atoms with Gasteiger partial charge in [0.2, 0.25) is 0 Å². The van der Waals surface area contributed by atoms with Gasteiger partial charge in [0.15, 0.2) is 0 Å². The van der Waals surface area contributed by atoms with Crippen molar-refractivity contribution in [3.63, 3.8) is 0 Å². The Balaban J connectivity index is 0. The number of rotatable bonds is 1. The smallest absolute Gasteiger partial charge is 0.327 e. The molecule has 0 rings (SSSR count). The summed E-state index contributed by atoms with van der Waals surface area (Å²) in [5.41, 5.74) is 0. The fraction of sp³-hybridized carbons (Fsp3) is 0. The molecule has 1 N–H and O–H groups in total. The Kier molecular flexibility index (Phi) is 8.01. The van der Waals surface area contributed by atoms with E-state index in [-0.39, 0.29) is 26.2 Å². The number of hydrogen-bond donors (Lipinski definition) is 1. The molecule has 32 valence electrons. The van der Waals surface area contributed by atoms with Crippen LogP contribution in [0.4, 0.5) is 0 Å². The van der Waals surface area contributed by atoms with Crippen molar-refractivity contribution in [2.75, 3.05) is 0 Å². The molecule has 0 aliphatic heterocycles. The van der Waals surface area contributed by atoms with Gasteiger partial charge in [0.1, 0.15) is 0 Å². The first kappa shape index (κ1) is 9.43. The summed E-state index contributed by atoms with van der Waals surface area (Å²) in [4.78, 5) is 9.25. The average molecular weight is 163 g/mol. The largest absolute Gasteiger partial charge is 0.478 e. The van der Waals surface area contributed by atoms with Crippen LogP contribution < -0.4 is 0 Å². The fourth-order valence-corrected chi connectivity index (χ4v) is 0. The second-order valence-corrected chi connectivity index (χ2v) is 0.542. The molecule has 0 saturated heterocycles. The Bertz CT molecular complexity index is 59.8. The number of carboxylic acid groups (broad SMARTS) is 1. The van der Waals surface area contributed by atoms with Crippen molar-refractivity contribution >= 4 is 5.97 Å². The normalized spacial score (nSPS) is 5.33. The molecule has 0 aromatic carbocycles. The summed E-state index contributed by atoms with van der Waals surface area (Å²) in [7, 11) is 0. The molecule has 0 unspecified atom stereocenters. The van der Waals surface area contributed by atoms with Gasteiger partial charge in [0.25, 0.3) is 0 Å². The van der Waals surface area contributed by atoms with E-state index in [9.17, 15) is 4.79 Å². The number of hydrogen-bond acceptors (Lipinski definition) is 1. The zero-order chi connectivity index (χ0) is 4.28. The zero-order valence-corrected chi connectivity index (χ0v) is 5.60. The first-order valence-corrected chi connectivity index (χ1v) is 1.12. The summed E-state index contributed by atoms with van der Waals surface area (Å²) >= 11 is 0. The number of carbonyl (C=O) groups is 1. The SMILES string of the molecule is C=CC(=O)O.[Zr]. The molecular weight excluding hydrogens is 159 g/mol. The minimum Gasteiger partial charge on any atom is -0.478 e. The molecule has 3 heteroatoms. The van der Waals surface area contributed by atoms with E-state index >= 15 is 0 Å². The van der Waals surface area contributed by atoms with Crippen LogP contribution in [0.15, 0.2) is 12.7 Å². The van der Waals surface area contributed by atoms with Gasteiger partial charge >= 0.3 is 5.97 Å². The summed E-state index contributed by atoms with van der Waals surface area (Å²) in [5, 5.41) is 7.60. The van der Waals surface area contributed by atoms with Crippen LogP contribution in [0, 0.1) is 0 Å². The average Bonchev–Trinajstić information content (AvgIpc) is 1.38. The Hall–Kier alpha value is 0.0931. The molecule has 6 heavy (non-hydrogen) atoms. The summed E-state index contributed by atoms with van der Waals surface area (Å²) < 4.78 is 0. The Morgan fingerprint density at radius 2 is 2.00 bits per heavy atom. The molecule has 0 atom stereocenters. The molecule has 0 aliphatic rings. The quantitative estimate of drug-likeness (QED) is 0.563. The van der Waals surface area contributed by atoms with Gasteiger partial charge < -0.3 is 5.11 Å². The summed E-state index contributed by atoms with van der Waals surface area (Å²) in [6, 6.07) is 0. The van der Waals surface area contributed by atoms with Crippen molar-refractivity contribution in [1.29, 1.82) is 0 Å². The van der Waals surface area contributed by atoms with Crippen molar-refractivity contribution in [2.24, 2.45) is 0 Å². The monoisotopic (exact) mass is 162 g/mol. The van der Waals surface area contributed by atoms with Crippen LogP contribution >= 0.6 is 0 Å². The summed E-state index contributed by atoms with van der Waals surface area (Å²) in [6.45, 7) is 2.96. The van der Waals surface area contributed by atoms with Gasteiger partial charge in [-0.3, -0.25) is 0 Å². The number of carboxylic acids is 1. The molecular formula is C3H4O2Zr. The third-order valence-electron chi connectivity index (χ3n) is 0.175. The first-order valence-electron chi connectivity index (χ1n) is 1.12. The molecule has 0 heterocycles. The third-order valence-corrected chi connectivity index (χ3v) is 0.175. The molecule has 2 nitrogen and oxygen atoms in total. The van der Waals surface area contributed by atoms with E-state index in [1.54, 1.807) is 0 Å². The molecule has 0 aromatic heterocycles. The summed E-state index contributed by atoms with van der Waals surface area (Å²) in [5.74, 6) is -0.981. The molecule has 0 amide bonds. The van der Waals surface area contributed by atoms with E-state index < -0.39 is 5.97 Å². The minimum absolute atomic E-state index is 0. The molecule has 0 radical (unpaired) electrons. The van der Waals surface area contributed by atoms with Crippen LogP contribution in [-0.4, -0.2) is 11.1 Å². The molecule has 0 aliphatic carbocycles. The van der Waals surface area contributed by atoms with Gasteiger partial charge in [0, 0.05) is 32.3 Å². The van der Waals surface area contributed by atoms with E-state index in [1.165, 1.54) is 0 Å². The summed E-state index contributed by atoms with van der Waals surface area (Å²) in [6.07, 6.45) is 0.833. The van der Waals surface area contributed by atoms with Crippen molar-refractivity contribution in [1.82, 2.24) is 0 Å². The van der Waals surface area contributed by atoms with Crippen molar-refractivity contribution in [3.8, 4) is 0 Å². The maximum absolute atomic E-state index is 9.25. The van der Waals surface area contributed by atoms with Crippen molar-refractivity contribution in [2.45, 2.75) is 0 Å². The Labute approximate surface area is 55.0 Å². The fourth-order valence-electron chi connectivity index (χ4n) is 0. The topological polar surface area (TPSA) is 37.3 Å². The van der Waals surface area contributed by atoms with E-state index in [1.807, 2.05) is 0 Å². The maximum Gasteiger partial charge on any atom is 0.327 e. The zero-order valence-electron chi connectivity index (χ0n) is 3.14. The molecule has 0 aromatic rings. The second kappa shape index (κ2) is 5.09. The second-order valence-electron chi connectivity index (χ2n) is 0.542. The van der Waals surface area contributed by atoms with Crippen LogP contribution in [0.1, 0.15) is 0 Å². The van der Waals surface area contributed by atoms with Gasteiger partial charge in [-0.25, -0.2) is 4.79 Å². The Morgan fingerprint density at radius 3 is 2.00 bits per heavy atom. The first-order chi connectivity index (χ1) is 2.27. The van der Waals surface area contributed by atoms with Crippen LogP contribution in [-0.2, 0) is 31.0 Å².